The van der Waals surface area contributed by atoms with Crippen LogP contribution in [0.1, 0.15) is 30.5 Å². The van der Waals surface area contributed by atoms with Crippen molar-refractivity contribution in [2.75, 3.05) is 13.2 Å². The van der Waals surface area contributed by atoms with E-state index in [-0.39, 0.29) is 24.0 Å². The van der Waals surface area contributed by atoms with Gasteiger partial charge in [0.2, 0.25) is 0 Å². The van der Waals surface area contributed by atoms with Gasteiger partial charge in [-0.05, 0) is 24.5 Å². The molecule has 2 aliphatic heterocycles. The Labute approximate surface area is 118 Å². The number of nitrogens with zero attached hydrogens (tertiary/aromatic N) is 1. The molecule has 3 rings (SSSR count). The predicted molar refractivity (Wildman–Crippen MR) is 73.9 cm³/mol. The van der Waals surface area contributed by atoms with Crippen molar-refractivity contribution in [3.63, 3.8) is 0 Å². The van der Waals surface area contributed by atoms with Crippen molar-refractivity contribution in [2.45, 2.75) is 25.8 Å². The van der Waals surface area contributed by atoms with E-state index in [0.717, 1.165) is 13.0 Å². The van der Waals surface area contributed by atoms with Gasteiger partial charge in [-0.1, -0.05) is 24.3 Å². The van der Waals surface area contributed by atoms with Crippen molar-refractivity contribution < 1.29 is 14.3 Å². The van der Waals surface area contributed by atoms with Crippen LogP contribution in [0.5, 0.6) is 0 Å². The second kappa shape index (κ2) is 5.12. The van der Waals surface area contributed by atoms with Crippen molar-refractivity contribution in [3.05, 3.63) is 47.2 Å². The summed E-state index contributed by atoms with van der Waals surface area (Å²) in [5.41, 5.74) is 2.68. The number of carbonyl (C=O) groups is 2. The summed E-state index contributed by atoms with van der Waals surface area (Å²) in [6.07, 6.45) is 2.97. The maximum Gasteiger partial charge on any atom is 0.343 e. The summed E-state index contributed by atoms with van der Waals surface area (Å²) < 4.78 is 4.95. The van der Waals surface area contributed by atoms with Crippen LogP contribution in [-0.2, 0) is 20.7 Å². The molecule has 20 heavy (non-hydrogen) atoms. The molecule has 1 unspecified atom stereocenters. The van der Waals surface area contributed by atoms with Crippen LogP contribution in [0, 0.1) is 0 Å². The van der Waals surface area contributed by atoms with Crippen LogP contribution in [0.3, 0.4) is 0 Å². The molecule has 4 nitrogen and oxygen atoms in total. The number of esters is 1. The SMILES string of the molecule is CCOC(=O)C1=CN2CCc3ccccc3C2CC1=O. The second-order valence-electron chi connectivity index (χ2n) is 5.09. The molecule has 4 heteroatoms. The zero-order valence-corrected chi connectivity index (χ0v) is 11.5. The number of ether oxygens (including phenoxy) is 1. The van der Waals surface area contributed by atoms with E-state index in [0.29, 0.717) is 6.42 Å². The van der Waals surface area contributed by atoms with Gasteiger partial charge in [0.15, 0.2) is 5.78 Å². The molecule has 2 heterocycles. The minimum atomic E-state index is -0.505. The van der Waals surface area contributed by atoms with Crippen molar-refractivity contribution in [1.29, 1.82) is 0 Å². The van der Waals surface area contributed by atoms with Crippen molar-refractivity contribution >= 4 is 11.8 Å². The first-order chi connectivity index (χ1) is 9.70. The highest BCUT2D eigenvalue weighted by atomic mass is 16.5. The molecule has 0 aromatic heterocycles. The standard InChI is InChI=1S/C16H17NO3/c1-2-20-16(19)13-10-17-8-7-11-5-3-4-6-12(11)14(17)9-15(13)18/h3-6,10,14H,2,7-9H2,1H3. The second-order valence-corrected chi connectivity index (χ2v) is 5.09. The Morgan fingerprint density at radius 3 is 3.00 bits per heavy atom. The van der Waals surface area contributed by atoms with E-state index in [4.69, 9.17) is 4.74 Å². The maximum absolute atomic E-state index is 12.2. The van der Waals surface area contributed by atoms with Crippen molar-refractivity contribution in [2.24, 2.45) is 0 Å². The summed E-state index contributed by atoms with van der Waals surface area (Å²) in [4.78, 5) is 26.1. The molecular formula is C16H17NO3. The lowest BCUT2D eigenvalue weighted by Gasteiger charge is -2.39. The molecule has 1 aromatic carbocycles. The minimum Gasteiger partial charge on any atom is -0.462 e. The number of rotatable bonds is 2. The van der Waals surface area contributed by atoms with Gasteiger partial charge in [-0.3, -0.25) is 4.79 Å². The van der Waals surface area contributed by atoms with Crippen LogP contribution in [0.25, 0.3) is 0 Å². The Morgan fingerprint density at radius 2 is 2.20 bits per heavy atom. The molecule has 0 bridgehead atoms. The van der Waals surface area contributed by atoms with Crippen LogP contribution < -0.4 is 0 Å². The zero-order chi connectivity index (χ0) is 14.1. The highest BCUT2D eigenvalue weighted by Gasteiger charge is 2.35. The quantitative estimate of drug-likeness (QED) is 0.610. The highest BCUT2D eigenvalue weighted by molar-refractivity contribution is 6.17. The Balaban J connectivity index is 1.93. The van der Waals surface area contributed by atoms with E-state index >= 15 is 0 Å². The van der Waals surface area contributed by atoms with Gasteiger partial charge in [-0.15, -0.1) is 0 Å². The number of ketones is 1. The summed E-state index contributed by atoms with van der Waals surface area (Å²) in [6.45, 7) is 2.86. The lowest BCUT2D eigenvalue weighted by molar-refractivity contribution is -0.140. The van der Waals surface area contributed by atoms with E-state index in [1.807, 2.05) is 12.1 Å². The molecule has 0 amide bonds. The number of hydrogen-bond donors (Lipinski definition) is 0. The average molecular weight is 271 g/mol. The van der Waals surface area contributed by atoms with Crippen LogP contribution >= 0.6 is 0 Å². The maximum atomic E-state index is 12.2. The summed E-state index contributed by atoms with van der Waals surface area (Å²) in [5, 5.41) is 0. The van der Waals surface area contributed by atoms with Gasteiger partial charge in [-0.25, -0.2) is 4.79 Å². The van der Waals surface area contributed by atoms with Gasteiger partial charge in [-0.2, -0.15) is 0 Å². The lowest BCUT2D eigenvalue weighted by atomic mass is 9.86. The number of benzene rings is 1. The summed E-state index contributed by atoms with van der Waals surface area (Å²) in [5.74, 6) is -0.629. The van der Waals surface area contributed by atoms with E-state index in [2.05, 4.69) is 17.0 Å². The molecule has 0 spiro atoms. The van der Waals surface area contributed by atoms with Crippen LogP contribution in [-0.4, -0.2) is 29.8 Å². The first-order valence-corrected chi connectivity index (χ1v) is 6.96. The smallest absolute Gasteiger partial charge is 0.343 e. The largest absolute Gasteiger partial charge is 0.462 e. The van der Waals surface area contributed by atoms with Crippen LogP contribution in [0.4, 0.5) is 0 Å². The molecule has 104 valence electrons. The molecule has 2 aliphatic rings. The molecular weight excluding hydrogens is 254 g/mol. The molecule has 1 atom stereocenters. The Bertz CT molecular complexity index is 591. The van der Waals surface area contributed by atoms with E-state index < -0.39 is 5.97 Å². The van der Waals surface area contributed by atoms with Crippen LogP contribution in [0.15, 0.2) is 36.0 Å². The predicted octanol–water partition coefficient (Wildman–Crippen LogP) is 2.01. The zero-order valence-electron chi connectivity index (χ0n) is 11.5. The molecule has 0 aliphatic carbocycles. The van der Waals surface area contributed by atoms with E-state index in [1.54, 1.807) is 13.1 Å². The number of fused-ring (bicyclic) bond motifs is 3. The number of carbonyl (C=O) groups excluding carboxylic acids is 2. The van der Waals surface area contributed by atoms with Crippen molar-refractivity contribution in [1.82, 2.24) is 4.90 Å². The van der Waals surface area contributed by atoms with Crippen LogP contribution in [0.2, 0.25) is 0 Å². The molecule has 1 aromatic rings. The first-order valence-electron chi connectivity index (χ1n) is 6.96. The normalized spacial score (nSPS) is 20.9. The van der Waals surface area contributed by atoms with Gasteiger partial charge in [0, 0.05) is 19.2 Å². The minimum absolute atomic E-state index is 0.0608. The van der Waals surface area contributed by atoms with E-state index in [9.17, 15) is 9.59 Å². The topological polar surface area (TPSA) is 46.6 Å². The van der Waals surface area contributed by atoms with Gasteiger partial charge in [0.05, 0.1) is 12.6 Å². The molecule has 0 fully saturated rings. The van der Waals surface area contributed by atoms with E-state index in [1.165, 1.54) is 11.1 Å². The average Bonchev–Trinajstić information content (AvgIpc) is 2.46. The van der Waals surface area contributed by atoms with Crippen molar-refractivity contribution in [3.8, 4) is 0 Å². The Kier molecular flexibility index (Phi) is 3.30. The lowest BCUT2D eigenvalue weighted by Crippen LogP contribution is -2.38. The molecule has 0 saturated carbocycles. The Morgan fingerprint density at radius 1 is 1.40 bits per heavy atom. The highest BCUT2D eigenvalue weighted by Crippen LogP contribution is 2.36. The fraction of sp³-hybridized carbons (Fsp3) is 0.375. The molecule has 0 radical (unpaired) electrons. The number of hydrogen-bond acceptors (Lipinski definition) is 4. The third-order valence-corrected chi connectivity index (χ3v) is 3.92. The fourth-order valence-electron chi connectivity index (χ4n) is 2.95. The summed E-state index contributed by atoms with van der Waals surface area (Å²) >= 11 is 0. The van der Waals surface area contributed by atoms with Gasteiger partial charge >= 0.3 is 5.97 Å². The third-order valence-electron chi connectivity index (χ3n) is 3.92. The third kappa shape index (κ3) is 2.11. The molecule has 0 N–H and O–H groups in total. The van der Waals surface area contributed by atoms with Gasteiger partial charge in [0.1, 0.15) is 5.57 Å². The van der Waals surface area contributed by atoms with Gasteiger partial charge in [0.25, 0.3) is 0 Å². The number of Topliss-reactive ketones (excluding diaryl/α,β-unsaturated/α-hetero) is 1. The summed E-state index contributed by atoms with van der Waals surface area (Å²) in [6, 6.07) is 8.27. The van der Waals surface area contributed by atoms with Gasteiger partial charge < -0.3 is 9.64 Å². The molecule has 0 saturated heterocycles. The summed E-state index contributed by atoms with van der Waals surface area (Å²) in [7, 11) is 0. The fourth-order valence-corrected chi connectivity index (χ4v) is 2.95. The monoisotopic (exact) mass is 271 g/mol. The first kappa shape index (κ1) is 12.9. The Hall–Kier alpha value is -2.10.